The Balaban J connectivity index is 2.03. The highest BCUT2D eigenvalue weighted by atomic mass is 16.5. The zero-order valence-electron chi connectivity index (χ0n) is 10.9. The molecule has 0 aliphatic carbocycles. The Morgan fingerprint density at radius 3 is 2.65 bits per heavy atom. The van der Waals surface area contributed by atoms with E-state index in [9.17, 15) is 0 Å². The molecule has 1 N–H and O–H groups in total. The molecular formula is C15H23NO. The van der Waals surface area contributed by atoms with Crippen molar-refractivity contribution in [2.24, 2.45) is 5.92 Å². The summed E-state index contributed by atoms with van der Waals surface area (Å²) in [6, 6.07) is 8.91. The van der Waals surface area contributed by atoms with Crippen molar-refractivity contribution in [3.05, 3.63) is 35.4 Å². The molecule has 0 spiro atoms. The van der Waals surface area contributed by atoms with Crippen molar-refractivity contribution in [3.8, 4) is 0 Å². The molecule has 2 rings (SSSR count). The number of ether oxygens (including phenoxy) is 1. The van der Waals surface area contributed by atoms with E-state index in [0.29, 0.717) is 12.0 Å². The number of aryl methyl sites for hydroxylation is 1. The smallest absolute Gasteiger partial charge is 0.0866 e. The molecule has 94 valence electrons. The van der Waals surface area contributed by atoms with Gasteiger partial charge in [0.25, 0.3) is 0 Å². The summed E-state index contributed by atoms with van der Waals surface area (Å²) in [5.41, 5.74) is 2.73. The molecule has 0 amide bonds. The van der Waals surface area contributed by atoms with Gasteiger partial charge in [-0.05, 0) is 30.5 Å². The van der Waals surface area contributed by atoms with Gasteiger partial charge >= 0.3 is 0 Å². The van der Waals surface area contributed by atoms with E-state index in [1.165, 1.54) is 17.5 Å². The Labute approximate surface area is 104 Å². The Morgan fingerprint density at radius 2 is 2.00 bits per heavy atom. The summed E-state index contributed by atoms with van der Waals surface area (Å²) in [5.74, 6) is 0.627. The summed E-state index contributed by atoms with van der Waals surface area (Å²) in [6.45, 7) is 7.35. The Bertz CT molecular complexity index is 333. The Hall–Kier alpha value is -0.860. The third kappa shape index (κ3) is 3.08. The van der Waals surface area contributed by atoms with Gasteiger partial charge < -0.3 is 10.1 Å². The van der Waals surface area contributed by atoms with Crippen LogP contribution >= 0.6 is 0 Å². The molecule has 1 aromatic carbocycles. The maximum absolute atomic E-state index is 5.88. The zero-order valence-corrected chi connectivity index (χ0v) is 10.9. The van der Waals surface area contributed by atoms with Crippen LogP contribution in [0.3, 0.4) is 0 Å². The Morgan fingerprint density at radius 1 is 1.24 bits per heavy atom. The van der Waals surface area contributed by atoms with Crippen molar-refractivity contribution < 1.29 is 4.74 Å². The SMILES string of the molecule is CCNCC1CCOC1c1ccc(CC)cc1. The minimum atomic E-state index is 0.292. The Kier molecular flexibility index (Phi) is 4.57. The van der Waals surface area contributed by atoms with Crippen LogP contribution in [0.15, 0.2) is 24.3 Å². The molecule has 1 aromatic rings. The molecule has 2 nitrogen and oxygen atoms in total. The van der Waals surface area contributed by atoms with Gasteiger partial charge in [-0.3, -0.25) is 0 Å². The van der Waals surface area contributed by atoms with Crippen LogP contribution in [0.25, 0.3) is 0 Å². The lowest BCUT2D eigenvalue weighted by Crippen LogP contribution is -2.24. The van der Waals surface area contributed by atoms with E-state index in [1.807, 2.05) is 0 Å². The van der Waals surface area contributed by atoms with E-state index in [-0.39, 0.29) is 0 Å². The van der Waals surface area contributed by atoms with Gasteiger partial charge in [0.1, 0.15) is 0 Å². The second kappa shape index (κ2) is 6.18. The molecule has 1 saturated heterocycles. The van der Waals surface area contributed by atoms with Crippen molar-refractivity contribution in [2.45, 2.75) is 32.8 Å². The molecule has 17 heavy (non-hydrogen) atoms. The zero-order chi connectivity index (χ0) is 12.1. The maximum Gasteiger partial charge on any atom is 0.0866 e. The summed E-state index contributed by atoms with van der Waals surface area (Å²) in [5, 5.41) is 3.43. The van der Waals surface area contributed by atoms with Crippen molar-refractivity contribution in [1.29, 1.82) is 0 Å². The molecule has 0 bridgehead atoms. The molecule has 1 fully saturated rings. The normalized spacial score (nSPS) is 24.1. The van der Waals surface area contributed by atoms with E-state index in [2.05, 4.69) is 43.4 Å². The van der Waals surface area contributed by atoms with Crippen LogP contribution in [0.5, 0.6) is 0 Å². The van der Waals surface area contributed by atoms with E-state index in [0.717, 1.165) is 26.1 Å². The monoisotopic (exact) mass is 233 g/mol. The number of benzene rings is 1. The predicted octanol–water partition coefficient (Wildman–Crippen LogP) is 2.94. The average molecular weight is 233 g/mol. The van der Waals surface area contributed by atoms with E-state index in [4.69, 9.17) is 4.74 Å². The largest absolute Gasteiger partial charge is 0.373 e. The molecule has 1 heterocycles. The van der Waals surface area contributed by atoms with Gasteiger partial charge in [0, 0.05) is 19.1 Å². The van der Waals surface area contributed by atoms with Crippen molar-refractivity contribution >= 4 is 0 Å². The standard InChI is InChI=1S/C15H23NO/c1-3-12-5-7-13(8-6-12)15-14(9-10-17-15)11-16-4-2/h5-8,14-16H,3-4,9-11H2,1-2H3. The van der Waals surface area contributed by atoms with Crippen LogP contribution in [0.1, 0.15) is 37.5 Å². The first-order chi connectivity index (χ1) is 8.35. The van der Waals surface area contributed by atoms with Gasteiger partial charge in [0.2, 0.25) is 0 Å². The quantitative estimate of drug-likeness (QED) is 0.844. The second-order valence-corrected chi connectivity index (χ2v) is 4.74. The molecule has 2 unspecified atom stereocenters. The van der Waals surface area contributed by atoms with Crippen LogP contribution in [0.2, 0.25) is 0 Å². The van der Waals surface area contributed by atoms with E-state index < -0.39 is 0 Å². The highest BCUT2D eigenvalue weighted by Crippen LogP contribution is 2.34. The second-order valence-electron chi connectivity index (χ2n) is 4.74. The number of rotatable bonds is 5. The third-order valence-electron chi connectivity index (χ3n) is 3.59. The van der Waals surface area contributed by atoms with Gasteiger partial charge in [-0.2, -0.15) is 0 Å². The predicted molar refractivity (Wildman–Crippen MR) is 71.2 cm³/mol. The highest BCUT2D eigenvalue weighted by molar-refractivity contribution is 5.25. The third-order valence-corrected chi connectivity index (χ3v) is 3.59. The minimum absolute atomic E-state index is 0.292. The number of hydrogen-bond donors (Lipinski definition) is 1. The van der Waals surface area contributed by atoms with Crippen LogP contribution in [-0.4, -0.2) is 19.7 Å². The molecule has 2 heteroatoms. The fourth-order valence-electron chi connectivity index (χ4n) is 2.48. The van der Waals surface area contributed by atoms with Crippen molar-refractivity contribution in [2.75, 3.05) is 19.7 Å². The van der Waals surface area contributed by atoms with Crippen molar-refractivity contribution in [1.82, 2.24) is 5.32 Å². The fraction of sp³-hybridized carbons (Fsp3) is 0.600. The van der Waals surface area contributed by atoms with E-state index >= 15 is 0 Å². The molecule has 0 saturated carbocycles. The highest BCUT2D eigenvalue weighted by Gasteiger charge is 2.28. The first-order valence-electron chi connectivity index (χ1n) is 6.76. The van der Waals surface area contributed by atoms with Crippen LogP contribution in [-0.2, 0) is 11.2 Å². The summed E-state index contributed by atoms with van der Waals surface area (Å²) in [6.07, 6.45) is 2.57. The summed E-state index contributed by atoms with van der Waals surface area (Å²) >= 11 is 0. The van der Waals surface area contributed by atoms with Crippen molar-refractivity contribution in [3.63, 3.8) is 0 Å². The van der Waals surface area contributed by atoms with Gasteiger partial charge in [0.15, 0.2) is 0 Å². The van der Waals surface area contributed by atoms with Gasteiger partial charge in [-0.1, -0.05) is 38.1 Å². The number of hydrogen-bond acceptors (Lipinski definition) is 2. The lowest BCUT2D eigenvalue weighted by atomic mass is 9.94. The lowest BCUT2D eigenvalue weighted by molar-refractivity contribution is 0.0906. The molecule has 0 aromatic heterocycles. The molecule has 1 aliphatic rings. The molecule has 2 atom stereocenters. The van der Waals surface area contributed by atoms with Crippen LogP contribution < -0.4 is 5.32 Å². The summed E-state index contributed by atoms with van der Waals surface area (Å²) in [4.78, 5) is 0. The average Bonchev–Trinajstić information content (AvgIpc) is 2.84. The van der Waals surface area contributed by atoms with E-state index in [1.54, 1.807) is 0 Å². The maximum atomic E-state index is 5.88. The summed E-state index contributed by atoms with van der Waals surface area (Å²) in [7, 11) is 0. The molecular weight excluding hydrogens is 210 g/mol. The molecule has 0 radical (unpaired) electrons. The minimum Gasteiger partial charge on any atom is -0.373 e. The van der Waals surface area contributed by atoms with Gasteiger partial charge in [-0.25, -0.2) is 0 Å². The van der Waals surface area contributed by atoms with Crippen LogP contribution in [0, 0.1) is 5.92 Å². The van der Waals surface area contributed by atoms with Gasteiger partial charge in [0.05, 0.1) is 6.10 Å². The number of nitrogens with one attached hydrogen (secondary N) is 1. The lowest BCUT2D eigenvalue weighted by Gasteiger charge is -2.19. The van der Waals surface area contributed by atoms with Crippen LogP contribution in [0.4, 0.5) is 0 Å². The topological polar surface area (TPSA) is 21.3 Å². The first-order valence-corrected chi connectivity index (χ1v) is 6.76. The fourth-order valence-corrected chi connectivity index (χ4v) is 2.48. The first kappa shape index (κ1) is 12.6. The molecule has 1 aliphatic heterocycles. The summed E-state index contributed by atoms with van der Waals surface area (Å²) < 4.78 is 5.88. The van der Waals surface area contributed by atoms with Gasteiger partial charge in [-0.15, -0.1) is 0 Å².